The van der Waals surface area contributed by atoms with Crippen LogP contribution in [0.3, 0.4) is 0 Å². The van der Waals surface area contributed by atoms with E-state index in [1.165, 1.54) is 0 Å². The molecule has 4 heteroatoms. The van der Waals surface area contributed by atoms with E-state index in [0.717, 1.165) is 23.6 Å². The van der Waals surface area contributed by atoms with E-state index in [2.05, 4.69) is 16.9 Å². The van der Waals surface area contributed by atoms with Crippen molar-refractivity contribution < 1.29 is 0 Å². The lowest BCUT2D eigenvalue weighted by Gasteiger charge is -2.09. The zero-order valence-corrected chi connectivity index (χ0v) is 8.72. The minimum absolute atomic E-state index is 0.491. The third-order valence-electron chi connectivity index (χ3n) is 2.35. The van der Waals surface area contributed by atoms with Crippen molar-refractivity contribution in [3.05, 3.63) is 42.1 Å². The molecule has 2 N–H and O–H groups in total. The van der Waals surface area contributed by atoms with Gasteiger partial charge in [0.15, 0.2) is 0 Å². The number of hydrogen-bond donors (Lipinski definition) is 1. The number of imidazole rings is 1. The highest BCUT2D eigenvalue weighted by Crippen LogP contribution is 2.13. The monoisotopic (exact) mass is 202 g/mol. The zero-order chi connectivity index (χ0) is 10.7. The lowest BCUT2D eigenvalue weighted by molar-refractivity contribution is 0.848. The second kappa shape index (κ2) is 4.23. The summed E-state index contributed by atoms with van der Waals surface area (Å²) in [4.78, 5) is 8.61. The van der Waals surface area contributed by atoms with Crippen LogP contribution in [0.5, 0.6) is 0 Å². The summed E-state index contributed by atoms with van der Waals surface area (Å²) in [6, 6.07) is 3.88. The highest BCUT2D eigenvalue weighted by molar-refractivity contribution is 5.34. The van der Waals surface area contributed by atoms with Crippen molar-refractivity contribution >= 4 is 0 Å². The molecule has 2 aromatic rings. The summed E-state index contributed by atoms with van der Waals surface area (Å²) in [6.45, 7) is 2.56. The van der Waals surface area contributed by atoms with Crippen LogP contribution in [0.15, 0.2) is 30.7 Å². The van der Waals surface area contributed by atoms with Gasteiger partial charge >= 0.3 is 0 Å². The van der Waals surface area contributed by atoms with Gasteiger partial charge in [-0.2, -0.15) is 0 Å². The molecule has 0 aliphatic rings. The number of nitrogens with zero attached hydrogens (tertiary/aromatic N) is 3. The summed E-state index contributed by atoms with van der Waals surface area (Å²) in [5.41, 5.74) is 6.71. The molecule has 0 aliphatic carbocycles. The maximum atomic E-state index is 5.67. The fourth-order valence-corrected chi connectivity index (χ4v) is 1.60. The number of hydrogen-bond acceptors (Lipinski definition) is 3. The summed E-state index contributed by atoms with van der Waals surface area (Å²) < 4.78 is 1.99. The standard InChI is InChI=1S/C11H14N4/c1-2-10-13-6-7-15(10)11-9(8-12)4-3-5-14-11/h3-7H,2,8,12H2,1H3. The lowest BCUT2D eigenvalue weighted by Crippen LogP contribution is -2.08. The Morgan fingerprint density at radius 1 is 1.33 bits per heavy atom. The maximum Gasteiger partial charge on any atom is 0.142 e. The van der Waals surface area contributed by atoms with E-state index < -0.39 is 0 Å². The molecule has 15 heavy (non-hydrogen) atoms. The third-order valence-corrected chi connectivity index (χ3v) is 2.35. The van der Waals surface area contributed by atoms with E-state index in [-0.39, 0.29) is 0 Å². The Morgan fingerprint density at radius 3 is 2.93 bits per heavy atom. The highest BCUT2D eigenvalue weighted by atomic mass is 15.1. The van der Waals surface area contributed by atoms with Gasteiger partial charge in [0.25, 0.3) is 0 Å². The molecule has 0 fully saturated rings. The number of aryl methyl sites for hydroxylation is 1. The number of nitrogens with two attached hydrogens (primary N) is 1. The van der Waals surface area contributed by atoms with Crippen LogP contribution >= 0.6 is 0 Å². The Hall–Kier alpha value is -1.68. The quantitative estimate of drug-likeness (QED) is 0.815. The molecule has 0 spiro atoms. The number of aromatic nitrogens is 3. The Labute approximate surface area is 88.8 Å². The fraction of sp³-hybridized carbons (Fsp3) is 0.273. The molecular weight excluding hydrogens is 188 g/mol. The Balaban J connectivity index is 2.53. The minimum atomic E-state index is 0.491. The first-order valence-electron chi connectivity index (χ1n) is 5.03. The van der Waals surface area contributed by atoms with E-state index in [1.54, 1.807) is 12.4 Å². The van der Waals surface area contributed by atoms with Gasteiger partial charge in [-0.25, -0.2) is 9.97 Å². The van der Waals surface area contributed by atoms with Crippen molar-refractivity contribution in [2.45, 2.75) is 19.9 Å². The van der Waals surface area contributed by atoms with E-state index in [4.69, 9.17) is 5.73 Å². The molecule has 0 saturated heterocycles. The second-order valence-electron chi connectivity index (χ2n) is 3.26. The average molecular weight is 202 g/mol. The maximum absolute atomic E-state index is 5.67. The van der Waals surface area contributed by atoms with Gasteiger partial charge in [0.05, 0.1) is 0 Å². The number of pyridine rings is 1. The summed E-state index contributed by atoms with van der Waals surface area (Å²) in [6.07, 6.45) is 6.36. The third kappa shape index (κ3) is 1.76. The molecular formula is C11H14N4. The highest BCUT2D eigenvalue weighted by Gasteiger charge is 2.07. The molecule has 0 bridgehead atoms. The Kier molecular flexibility index (Phi) is 2.78. The molecule has 2 rings (SSSR count). The average Bonchev–Trinajstić information content (AvgIpc) is 2.76. The first kappa shape index (κ1) is 9.86. The molecule has 4 nitrogen and oxygen atoms in total. The van der Waals surface area contributed by atoms with Crippen LogP contribution in [0.25, 0.3) is 5.82 Å². The van der Waals surface area contributed by atoms with Crippen molar-refractivity contribution in [3.8, 4) is 5.82 Å². The molecule has 0 radical (unpaired) electrons. The predicted octanol–water partition coefficient (Wildman–Crippen LogP) is 1.29. The second-order valence-corrected chi connectivity index (χ2v) is 3.26. The van der Waals surface area contributed by atoms with Crippen molar-refractivity contribution in [2.75, 3.05) is 0 Å². The van der Waals surface area contributed by atoms with Crippen LogP contribution in [-0.2, 0) is 13.0 Å². The van der Waals surface area contributed by atoms with E-state index in [0.29, 0.717) is 6.54 Å². The van der Waals surface area contributed by atoms with Gasteiger partial charge in [-0.3, -0.25) is 4.57 Å². The SMILES string of the molecule is CCc1nccn1-c1ncccc1CN. The van der Waals surface area contributed by atoms with E-state index >= 15 is 0 Å². The molecule has 0 aliphatic heterocycles. The summed E-state index contributed by atoms with van der Waals surface area (Å²) in [5.74, 6) is 1.89. The molecule has 78 valence electrons. The predicted molar refractivity (Wildman–Crippen MR) is 58.6 cm³/mol. The van der Waals surface area contributed by atoms with Gasteiger partial charge < -0.3 is 5.73 Å². The first-order valence-corrected chi connectivity index (χ1v) is 5.03. The van der Waals surface area contributed by atoms with Crippen molar-refractivity contribution in [3.63, 3.8) is 0 Å². The van der Waals surface area contributed by atoms with Crippen molar-refractivity contribution in [1.29, 1.82) is 0 Å². The molecule has 0 amide bonds. The Morgan fingerprint density at radius 2 is 2.20 bits per heavy atom. The van der Waals surface area contributed by atoms with Gasteiger partial charge in [-0.05, 0) is 6.07 Å². The van der Waals surface area contributed by atoms with Gasteiger partial charge in [0.1, 0.15) is 11.6 Å². The lowest BCUT2D eigenvalue weighted by atomic mass is 10.2. The first-order chi connectivity index (χ1) is 7.36. The zero-order valence-electron chi connectivity index (χ0n) is 8.72. The number of rotatable bonds is 3. The van der Waals surface area contributed by atoms with Crippen LogP contribution < -0.4 is 5.73 Å². The van der Waals surface area contributed by atoms with Crippen LogP contribution in [0.2, 0.25) is 0 Å². The molecule has 2 aromatic heterocycles. The molecule has 0 unspecified atom stereocenters. The van der Waals surface area contributed by atoms with Gasteiger partial charge in [-0.15, -0.1) is 0 Å². The van der Waals surface area contributed by atoms with Gasteiger partial charge in [0, 0.05) is 37.1 Å². The van der Waals surface area contributed by atoms with Crippen molar-refractivity contribution in [2.24, 2.45) is 5.73 Å². The van der Waals surface area contributed by atoms with Gasteiger partial charge in [0.2, 0.25) is 0 Å². The topological polar surface area (TPSA) is 56.7 Å². The summed E-state index contributed by atoms with van der Waals surface area (Å²) in [7, 11) is 0. The van der Waals surface area contributed by atoms with Crippen LogP contribution in [-0.4, -0.2) is 14.5 Å². The smallest absolute Gasteiger partial charge is 0.142 e. The van der Waals surface area contributed by atoms with E-state index in [1.807, 2.05) is 22.9 Å². The normalized spacial score (nSPS) is 10.5. The summed E-state index contributed by atoms with van der Waals surface area (Å²) >= 11 is 0. The van der Waals surface area contributed by atoms with Crippen LogP contribution in [0.4, 0.5) is 0 Å². The van der Waals surface area contributed by atoms with Gasteiger partial charge in [-0.1, -0.05) is 13.0 Å². The minimum Gasteiger partial charge on any atom is -0.326 e. The van der Waals surface area contributed by atoms with E-state index in [9.17, 15) is 0 Å². The fourth-order valence-electron chi connectivity index (χ4n) is 1.60. The Bertz CT molecular complexity index is 447. The van der Waals surface area contributed by atoms with Crippen molar-refractivity contribution in [1.82, 2.24) is 14.5 Å². The molecule has 0 atom stereocenters. The molecule has 2 heterocycles. The van der Waals surface area contributed by atoms with Crippen LogP contribution in [0.1, 0.15) is 18.3 Å². The van der Waals surface area contributed by atoms with Crippen LogP contribution in [0, 0.1) is 0 Å². The molecule has 0 aromatic carbocycles. The summed E-state index contributed by atoms with van der Waals surface area (Å²) in [5, 5.41) is 0. The largest absolute Gasteiger partial charge is 0.326 e. The molecule has 0 saturated carbocycles.